The molecule has 0 radical (unpaired) electrons. The van der Waals surface area contributed by atoms with Gasteiger partial charge in [-0.15, -0.1) is 0 Å². The van der Waals surface area contributed by atoms with Crippen molar-refractivity contribution < 1.29 is 19.1 Å². The van der Waals surface area contributed by atoms with Crippen molar-refractivity contribution in [2.75, 3.05) is 6.61 Å². The maximum absolute atomic E-state index is 11.4. The van der Waals surface area contributed by atoms with E-state index in [2.05, 4.69) is 6.92 Å². The summed E-state index contributed by atoms with van der Waals surface area (Å²) >= 11 is 0. The summed E-state index contributed by atoms with van der Waals surface area (Å²) in [4.78, 5) is 22.6. The lowest BCUT2D eigenvalue weighted by molar-refractivity contribution is -0.144. The third-order valence-corrected chi connectivity index (χ3v) is 2.45. The quantitative estimate of drug-likeness (QED) is 0.366. The molecule has 0 rings (SSSR count). The van der Waals surface area contributed by atoms with Gasteiger partial charge in [0, 0.05) is 12.2 Å². The number of carbonyl (C=O) groups excluding carboxylic acids is 2. The number of rotatable bonds is 9. The molecule has 0 spiro atoms. The third kappa shape index (κ3) is 11.5. The molecule has 1 unspecified atom stereocenters. The SMILES string of the molecule is CCCCCC(C)OC(=O)/C=C/C(=O)OCC(C)C. The Morgan fingerprint density at radius 2 is 1.68 bits per heavy atom. The Kier molecular flexibility index (Phi) is 9.85. The van der Waals surface area contributed by atoms with Crippen molar-refractivity contribution in [1.29, 1.82) is 0 Å². The molecule has 0 saturated carbocycles. The smallest absolute Gasteiger partial charge is 0.331 e. The molecule has 19 heavy (non-hydrogen) atoms. The van der Waals surface area contributed by atoms with Crippen LogP contribution in [0.3, 0.4) is 0 Å². The fourth-order valence-electron chi connectivity index (χ4n) is 1.41. The van der Waals surface area contributed by atoms with E-state index in [4.69, 9.17) is 9.47 Å². The van der Waals surface area contributed by atoms with Gasteiger partial charge in [-0.25, -0.2) is 9.59 Å². The largest absolute Gasteiger partial charge is 0.462 e. The van der Waals surface area contributed by atoms with Crippen LogP contribution in [0.5, 0.6) is 0 Å². The first-order chi connectivity index (χ1) is 8.95. The highest BCUT2D eigenvalue weighted by Gasteiger charge is 2.07. The van der Waals surface area contributed by atoms with Gasteiger partial charge in [-0.2, -0.15) is 0 Å². The lowest BCUT2D eigenvalue weighted by Gasteiger charge is -2.11. The number of esters is 2. The zero-order valence-electron chi connectivity index (χ0n) is 12.5. The summed E-state index contributed by atoms with van der Waals surface area (Å²) in [7, 11) is 0. The van der Waals surface area contributed by atoms with Crippen molar-refractivity contribution in [3.63, 3.8) is 0 Å². The second-order valence-electron chi connectivity index (χ2n) is 5.10. The highest BCUT2D eigenvalue weighted by molar-refractivity contribution is 5.91. The molecule has 0 amide bonds. The Morgan fingerprint density at radius 3 is 2.26 bits per heavy atom. The molecule has 0 aliphatic rings. The zero-order chi connectivity index (χ0) is 14.7. The molecule has 0 fully saturated rings. The molecule has 0 heterocycles. The average molecular weight is 270 g/mol. The van der Waals surface area contributed by atoms with E-state index in [0.29, 0.717) is 6.61 Å². The summed E-state index contributed by atoms with van der Waals surface area (Å²) < 4.78 is 10.0. The molecule has 110 valence electrons. The van der Waals surface area contributed by atoms with Crippen molar-refractivity contribution in [2.45, 2.75) is 59.5 Å². The van der Waals surface area contributed by atoms with Gasteiger partial charge in [0.1, 0.15) is 0 Å². The predicted octanol–water partition coefficient (Wildman–Crippen LogP) is 3.25. The first-order valence-electron chi connectivity index (χ1n) is 7.01. The highest BCUT2D eigenvalue weighted by atomic mass is 16.5. The van der Waals surface area contributed by atoms with Gasteiger partial charge in [0.25, 0.3) is 0 Å². The maximum Gasteiger partial charge on any atom is 0.331 e. The highest BCUT2D eigenvalue weighted by Crippen LogP contribution is 2.06. The van der Waals surface area contributed by atoms with Crippen LogP contribution in [-0.4, -0.2) is 24.6 Å². The Labute approximate surface area is 116 Å². The number of ether oxygens (including phenoxy) is 2. The van der Waals surface area contributed by atoms with E-state index in [1.54, 1.807) is 0 Å². The average Bonchev–Trinajstić information content (AvgIpc) is 2.34. The van der Waals surface area contributed by atoms with Gasteiger partial charge in [-0.1, -0.05) is 33.6 Å². The van der Waals surface area contributed by atoms with Crippen LogP contribution < -0.4 is 0 Å². The van der Waals surface area contributed by atoms with Gasteiger partial charge in [-0.3, -0.25) is 0 Å². The number of hydrogen-bond donors (Lipinski definition) is 0. The molecular weight excluding hydrogens is 244 g/mol. The van der Waals surface area contributed by atoms with Crippen molar-refractivity contribution in [2.24, 2.45) is 5.92 Å². The molecule has 0 aliphatic carbocycles. The first kappa shape index (κ1) is 17.7. The minimum Gasteiger partial charge on any atom is -0.462 e. The molecule has 0 aliphatic heterocycles. The minimum absolute atomic E-state index is 0.115. The van der Waals surface area contributed by atoms with Crippen LogP contribution in [0.25, 0.3) is 0 Å². The van der Waals surface area contributed by atoms with Crippen LogP contribution in [-0.2, 0) is 19.1 Å². The summed E-state index contributed by atoms with van der Waals surface area (Å²) in [5.74, 6) is -0.724. The predicted molar refractivity (Wildman–Crippen MR) is 74.6 cm³/mol. The standard InChI is InChI=1S/C15H26O4/c1-5-6-7-8-13(4)19-15(17)10-9-14(16)18-11-12(2)3/h9-10,12-13H,5-8,11H2,1-4H3/b10-9+. The van der Waals surface area contributed by atoms with Crippen LogP contribution in [0.15, 0.2) is 12.2 Å². The van der Waals surface area contributed by atoms with Crippen molar-refractivity contribution in [3.8, 4) is 0 Å². The molecule has 0 aromatic rings. The first-order valence-corrected chi connectivity index (χ1v) is 7.01. The van der Waals surface area contributed by atoms with Gasteiger partial charge in [0.15, 0.2) is 0 Å². The van der Waals surface area contributed by atoms with Crippen molar-refractivity contribution >= 4 is 11.9 Å². The fraction of sp³-hybridized carbons (Fsp3) is 0.733. The molecule has 4 nitrogen and oxygen atoms in total. The van der Waals surface area contributed by atoms with Crippen LogP contribution in [0.1, 0.15) is 53.4 Å². The molecule has 0 N–H and O–H groups in total. The topological polar surface area (TPSA) is 52.6 Å². The van der Waals surface area contributed by atoms with Crippen LogP contribution >= 0.6 is 0 Å². The maximum atomic E-state index is 11.4. The van der Waals surface area contributed by atoms with Gasteiger partial charge in [0.05, 0.1) is 12.7 Å². The van der Waals surface area contributed by atoms with Gasteiger partial charge < -0.3 is 9.47 Å². The summed E-state index contributed by atoms with van der Waals surface area (Å²) in [6.45, 7) is 8.23. The van der Waals surface area contributed by atoms with Gasteiger partial charge in [-0.05, 0) is 25.7 Å². The summed E-state index contributed by atoms with van der Waals surface area (Å²) in [5, 5.41) is 0. The second-order valence-corrected chi connectivity index (χ2v) is 5.10. The van der Waals surface area contributed by atoms with Crippen molar-refractivity contribution in [1.82, 2.24) is 0 Å². The van der Waals surface area contributed by atoms with E-state index in [0.717, 1.165) is 37.8 Å². The Morgan fingerprint density at radius 1 is 1.05 bits per heavy atom. The monoisotopic (exact) mass is 270 g/mol. The third-order valence-electron chi connectivity index (χ3n) is 2.45. The Hall–Kier alpha value is -1.32. The zero-order valence-corrected chi connectivity index (χ0v) is 12.5. The van der Waals surface area contributed by atoms with Crippen LogP contribution in [0, 0.1) is 5.92 Å². The van der Waals surface area contributed by atoms with Crippen molar-refractivity contribution in [3.05, 3.63) is 12.2 Å². The normalized spacial score (nSPS) is 12.7. The summed E-state index contributed by atoms with van der Waals surface area (Å²) in [6, 6.07) is 0. The van der Waals surface area contributed by atoms with Crippen LogP contribution in [0.2, 0.25) is 0 Å². The molecule has 0 aromatic carbocycles. The minimum atomic E-state index is -0.510. The molecule has 0 saturated heterocycles. The van der Waals surface area contributed by atoms with Crippen LogP contribution in [0.4, 0.5) is 0 Å². The lowest BCUT2D eigenvalue weighted by atomic mass is 10.1. The van der Waals surface area contributed by atoms with Gasteiger partial charge in [0.2, 0.25) is 0 Å². The molecule has 0 aromatic heterocycles. The molecule has 0 bridgehead atoms. The second kappa shape index (κ2) is 10.6. The molecular formula is C15H26O4. The van der Waals surface area contributed by atoms with Gasteiger partial charge >= 0.3 is 11.9 Å². The Bertz CT molecular complexity index is 295. The van der Waals surface area contributed by atoms with E-state index in [1.165, 1.54) is 0 Å². The summed E-state index contributed by atoms with van der Waals surface area (Å²) in [6.07, 6.45) is 6.30. The molecule has 4 heteroatoms. The number of hydrogen-bond acceptors (Lipinski definition) is 4. The van der Waals surface area contributed by atoms with E-state index < -0.39 is 11.9 Å². The Balaban J connectivity index is 3.86. The lowest BCUT2D eigenvalue weighted by Crippen LogP contribution is -2.13. The fourth-order valence-corrected chi connectivity index (χ4v) is 1.41. The van der Waals surface area contributed by atoms with E-state index in [-0.39, 0.29) is 12.0 Å². The van der Waals surface area contributed by atoms with E-state index in [1.807, 2.05) is 20.8 Å². The number of unbranched alkanes of at least 4 members (excludes halogenated alkanes) is 2. The number of carbonyl (C=O) groups is 2. The molecule has 1 atom stereocenters. The summed E-state index contributed by atoms with van der Waals surface area (Å²) in [5.41, 5.74) is 0. The van der Waals surface area contributed by atoms with E-state index >= 15 is 0 Å². The van der Waals surface area contributed by atoms with E-state index in [9.17, 15) is 9.59 Å².